The van der Waals surface area contributed by atoms with Gasteiger partial charge in [-0.25, -0.2) is 8.78 Å². The van der Waals surface area contributed by atoms with Gasteiger partial charge in [0.2, 0.25) is 0 Å². The van der Waals surface area contributed by atoms with Crippen molar-refractivity contribution in [3.8, 4) is 50.8 Å². The fraction of sp³-hybridized carbons (Fsp3) is 0. The lowest BCUT2D eigenvalue weighted by Gasteiger charge is -2.19. The van der Waals surface area contributed by atoms with Gasteiger partial charge in [0.1, 0.15) is 11.6 Å². The Morgan fingerprint density at radius 3 is 1.35 bits per heavy atom. The van der Waals surface area contributed by atoms with Crippen LogP contribution < -0.4 is 0 Å². The van der Waals surface area contributed by atoms with Gasteiger partial charge in [0.05, 0.1) is 33.4 Å². The number of hydrogen-bond donors (Lipinski definition) is 0. The molecule has 0 aliphatic rings. The molecule has 54 heavy (non-hydrogen) atoms. The van der Waals surface area contributed by atoms with Crippen molar-refractivity contribution in [3.05, 3.63) is 193 Å². The van der Waals surface area contributed by atoms with Crippen molar-refractivity contribution in [2.24, 2.45) is 0 Å². The van der Waals surface area contributed by atoms with E-state index in [2.05, 4.69) is 88.0 Å². The van der Waals surface area contributed by atoms with Crippen LogP contribution in [0.15, 0.2) is 176 Å². The van der Waals surface area contributed by atoms with Gasteiger partial charge in [0.15, 0.2) is 11.6 Å². The van der Waals surface area contributed by atoms with E-state index in [1.54, 1.807) is 6.07 Å². The van der Waals surface area contributed by atoms with Crippen LogP contribution in [0.25, 0.3) is 88.4 Å². The molecule has 0 aliphatic carbocycles. The van der Waals surface area contributed by atoms with Gasteiger partial charge in [-0.05, 0) is 70.3 Å². The number of hydrogen-bond acceptors (Lipinski definition) is 1. The third-order valence-corrected chi connectivity index (χ3v) is 10.5. The average Bonchev–Trinajstić information content (AvgIpc) is 3.74. The lowest BCUT2D eigenvalue weighted by Crippen LogP contribution is -2.06. The summed E-state index contributed by atoms with van der Waals surface area (Å²) in [7, 11) is 0. The molecule has 0 spiro atoms. The fourth-order valence-corrected chi connectivity index (χ4v) is 8.04. The van der Waals surface area contributed by atoms with Crippen molar-refractivity contribution in [1.29, 1.82) is 5.26 Å². The molecule has 8 aromatic carbocycles. The van der Waals surface area contributed by atoms with Crippen molar-refractivity contribution in [2.75, 3.05) is 0 Å². The molecule has 254 valence electrons. The third-order valence-electron chi connectivity index (χ3n) is 10.5. The first-order chi connectivity index (χ1) is 26.6. The third kappa shape index (κ3) is 4.85. The molecule has 0 atom stereocenters. The average molecular weight is 698 g/mol. The van der Waals surface area contributed by atoms with E-state index in [9.17, 15) is 9.65 Å². The van der Waals surface area contributed by atoms with E-state index in [0.717, 1.165) is 71.9 Å². The second kappa shape index (κ2) is 12.4. The molecule has 10 rings (SSSR count). The van der Waals surface area contributed by atoms with E-state index in [1.807, 2.05) is 84.9 Å². The fourth-order valence-electron chi connectivity index (χ4n) is 8.04. The molecule has 0 saturated carbocycles. The minimum absolute atomic E-state index is 0.110. The van der Waals surface area contributed by atoms with Crippen LogP contribution in [-0.2, 0) is 0 Å². The molecule has 3 nitrogen and oxygen atoms in total. The maximum absolute atomic E-state index is 15.9. The maximum atomic E-state index is 15.9. The van der Waals surface area contributed by atoms with E-state index >= 15 is 4.39 Å². The Balaban J connectivity index is 1.36. The van der Waals surface area contributed by atoms with Gasteiger partial charge in [0.25, 0.3) is 0 Å². The summed E-state index contributed by atoms with van der Waals surface area (Å²) in [5, 5.41) is 15.4. The second-order valence-electron chi connectivity index (χ2n) is 13.5. The van der Waals surface area contributed by atoms with Gasteiger partial charge in [-0.3, -0.25) is 0 Å². The second-order valence-corrected chi connectivity index (χ2v) is 13.5. The Kier molecular flexibility index (Phi) is 7.24. The minimum atomic E-state index is -0.943. The first kappa shape index (κ1) is 31.4. The van der Waals surface area contributed by atoms with Crippen molar-refractivity contribution in [3.63, 3.8) is 0 Å². The Morgan fingerprint density at radius 2 is 0.852 bits per heavy atom. The summed E-state index contributed by atoms with van der Waals surface area (Å²) in [6, 6.07) is 59.8. The number of nitrogens with zero attached hydrogens (tertiary/aromatic N) is 3. The van der Waals surface area contributed by atoms with Crippen LogP contribution in [0.1, 0.15) is 5.56 Å². The number of para-hydroxylation sites is 2. The first-order valence-electron chi connectivity index (χ1n) is 17.8. The van der Waals surface area contributed by atoms with Crippen LogP contribution in [0.4, 0.5) is 8.78 Å². The van der Waals surface area contributed by atoms with Crippen LogP contribution in [0.3, 0.4) is 0 Å². The summed E-state index contributed by atoms with van der Waals surface area (Å²) in [5.74, 6) is -1.88. The van der Waals surface area contributed by atoms with Crippen LogP contribution in [-0.4, -0.2) is 9.13 Å². The smallest absolute Gasteiger partial charge is 0.166 e. The topological polar surface area (TPSA) is 33.6 Å². The van der Waals surface area contributed by atoms with Crippen molar-refractivity contribution in [1.82, 2.24) is 9.13 Å². The molecule has 2 heterocycles. The number of rotatable bonds is 5. The van der Waals surface area contributed by atoms with E-state index in [1.165, 1.54) is 6.07 Å². The molecule has 0 amide bonds. The molecule has 0 N–H and O–H groups in total. The molecule has 5 heteroatoms. The molecular formula is C49H29F2N3. The molecule has 0 aliphatic heterocycles. The number of fused-ring (bicyclic) bond motifs is 6. The highest BCUT2D eigenvalue weighted by molar-refractivity contribution is 6.12. The van der Waals surface area contributed by atoms with Crippen molar-refractivity contribution in [2.45, 2.75) is 0 Å². The standard InChI is InChI=1S/C49H29F2N3/c50-42-19-11-18-36(49(42)51)35-28-47(53-43-20-9-7-16-37(43)39-24-22-33(26-45(39)53)31-12-3-1-4-13-31)41(30-52)48(29-35)54-44-21-10-8-17-38(44)40-25-23-34(27-46(40)54)32-14-5-2-6-15-32/h1-29H. The normalized spacial score (nSPS) is 11.5. The molecule has 10 aromatic rings. The number of halogens is 2. The summed E-state index contributed by atoms with van der Waals surface area (Å²) >= 11 is 0. The highest BCUT2D eigenvalue weighted by Crippen LogP contribution is 2.42. The zero-order valence-electron chi connectivity index (χ0n) is 28.8. The highest BCUT2D eigenvalue weighted by Gasteiger charge is 2.24. The zero-order valence-corrected chi connectivity index (χ0v) is 28.8. The SMILES string of the molecule is N#Cc1c(-n2c3ccccc3c3ccc(-c4ccccc4)cc32)cc(-c2cccc(F)c2F)cc1-n1c2ccccc2c2ccc(-c3ccccc3)cc21. The summed E-state index contributed by atoms with van der Waals surface area (Å²) in [6.45, 7) is 0. The number of benzene rings is 8. The van der Waals surface area contributed by atoms with Gasteiger partial charge >= 0.3 is 0 Å². The van der Waals surface area contributed by atoms with Gasteiger partial charge in [-0.1, -0.05) is 133 Å². The summed E-state index contributed by atoms with van der Waals surface area (Å²) < 4.78 is 35.0. The van der Waals surface area contributed by atoms with Gasteiger partial charge in [0, 0.05) is 27.1 Å². The predicted octanol–water partition coefficient (Wildman–Crippen LogP) is 13.0. The highest BCUT2D eigenvalue weighted by atomic mass is 19.2. The Bertz CT molecular complexity index is 2950. The monoisotopic (exact) mass is 697 g/mol. The van der Waals surface area contributed by atoms with E-state index in [4.69, 9.17) is 0 Å². The predicted molar refractivity (Wildman–Crippen MR) is 216 cm³/mol. The molecule has 0 saturated heterocycles. The summed E-state index contributed by atoms with van der Waals surface area (Å²) in [4.78, 5) is 0. The van der Waals surface area contributed by atoms with E-state index in [-0.39, 0.29) is 5.56 Å². The Morgan fingerprint density at radius 1 is 0.389 bits per heavy atom. The van der Waals surface area contributed by atoms with E-state index < -0.39 is 11.6 Å². The lowest BCUT2D eigenvalue weighted by molar-refractivity contribution is 0.511. The van der Waals surface area contributed by atoms with Gasteiger partial charge in [-0.15, -0.1) is 0 Å². The molecule has 0 unspecified atom stereocenters. The number of aromatic nitrogens is 2. The number of nitriles is 1. The molecule has 2 aromatic heterocycles. The molecule has 0 fully saturated rings. The summed E-state index contributed by atoms with van der Waals surface area (Å²) in [6.07, 6.45) is 0. The zero-order chi connectivity index (χ0) is 36.3. The molecule has 0 bridgehead atoms. The van der Waals surface area contributed by atoms with Crippen LogP contribution in [0.5, 0.6) is 0 Å². The van der Waals surface area contributed by atoms with E-state index in [0.29, 0.717) is 22.5 Å². The summed E-state index contributed by atoms with van der Waals surface area (Å²) in [5.41, 5.74) is 9.83. The molecule has 0 radical (unpaired) electrons. The quantitative estimate of drug-likeness (QED) is 0.176. The minimum Gasteiger partial charge on any atom is -0.308 e. The Hall–Kier alpha value is -7.29. The Labute approximate surface area is 309 Å². The van der Waals surface area contributed by atoms with Crippen LogP contribution >= 0.6 is 0 Å². The maximum Gasteiger partial charge on any atom is 0.166 e. The van der Waals surface area contributed by atoms with Gasteiger partial charge in [-0.2, -0.15) is 5.26 Å². The van der Waals surface area contributed by atoms with Crippen LogP contribution in [0, 0.1) is 23.0 Å². The van der Waals surface area contributed by atoms with Gasteiger partial charge < -0.3 is 9.13 Å². The largest absolute Gasteiger partial charge is 0.308 e. The first-order valence-corrected chi connectivity index (χ1v) is 17.8. The lowest BCUT2D eigenvalue weighted by atomic mass is 9.99. The molecular weight excluding hydrogens is 669 g/mol. The van der Waals surface area contributed by atoms with Crippen molar-refractivity contribution < 1.29 is 8.78 Å². The van der Waals surface area contributed by atoms with Crippen LogP contribution in [0.2, 0.25) is 0 Å². The van der Waals surface area contributed by atoms with Crippen molar-refractivity contribution >= 4 is 43.6 Å².